The average Bonchev–Trinajstić information content (AvgIpc) is 3.72. The third-order valence-electron chi connectivity index (χ3n) is 11.8. The van der Waals surface area contributed by atoms with Crippen molar-refractivity contribution < 1.29 is 4.42 Å². The molecule has 2 heteroatoms. The molecule has 1 heterocycles. The third kappa shape index (κ3) is 4.95. The zero-order chi connectivity index (χ0) is 36.7. The van der Waals surface area contributed by atoms with Gasteiger partial charge in [0, 0.05) is 32.9 Å². The lowest BCUT2D eigenvalue weighted by atomic mass is 9.81. The van der Waals surface area contributed by atoms with Crippen molar-refractivity contribution in [3.05, 3.63) is 199 Å². The first kappa shape index (κ1) is 31.6. The van der Waals surface area contributed by atoms with Crippen molar-refractivity contribution in [2.45, 2.75) is 19.3 Å². The molecule has 0 amide bonds. The summed E-state index contributed by atoms with van der Waals surface area (Å²) in [6, 6.07) is 68.6. The molecule has 1 aromatic heterocycles. The summed E-state index contributed by atoms with van der Waals surface area (Å²) in [4.78, 5) is 2.43. The van der Waals surface area contributed by atoms with Gasteiger partial charge in [-0.3, -0.25) is 0 Å². The molecule has 0 spiro atoms. The van der Waals surface area contributed by atoms with E-state index in [1.54, 1.807) is 0 Å². The molecule has 55 heavy (non-hydrogen) atoms. The van der Waals surface area contributed by atoms with Crippen LogP contribution in [0.1, 0.15) is 25.0 Å². The van der Waals surface area contributed by atoms with Crippen LogP contribution in [0.25, 0.3) is 76.9 Å². The average molecular weight is 704 g/mol. The zero-order valence-corrected chi connectivity index (χ0v) is 30.8. The van der Waals surface area contributed by atoms with Gasteiger partial charge in [-0.25, -0.2) is 0 Å². The van der Waals surface area contributed by atoms with Gasteiger partial charge in [-0.05, 0) is 115 Å². The quantitative estimate of drug-likeness (QED) is 0.166. The van der Waals surface area contributed by atoms with Gasteiger partial charge in [0.2, 0.25) is 0 Å². The number of hydrogen-bond acceptors (Lipinski definition) is 2. The van der Waals surface area contributed by atoms with Crippen LogP contribution in [0.4, 0.5) is 17.1 Å². The van der Waals surface area contributed by atoms with E-state index in [0.29, 0.717) is 0 Å². The van der Waals surface area contributed by atoms with Gasteiger partial charge < -0.3 is 9.32 Å². The first-order chi connectivity index (χ1) is 27.0. The van der Waals surface area contributed by atoms with E-state index in [2.05, 4.69) is 195 Å². The number of fused-ring (bicyclic) bond motifs is 9. The maximum atomic E-state index is 6.18. The van der Waals surface area contributed by atoms with E-state index in [1.807, 2.05) is 12.1 Å². The Kier molecular flexibility index (Phi) is 6.93. The highest BCUT2D eigenvalue weighted by Crippen LogP contribution is 2.50. The highest BCUT2D eigenvalue weighted by molar-refractivity contribution is 6.14. The van der Waals surface area contributed by atoms with E-state index in [-0.39, 0.29) is 5.41 Å². The molecule has 0 aliphatic heterocycles. The first-order valence-corrected chi connectivity index (χ1v) is 19.1. The summed E-state index contributed by atoms with van der Waals surface area (Å²) in [5.41, 5.74) is 15.3. The first-order valence-electron chi connectivity index (χ1n) is 19.1. The summed E-state index contributed by atoms with van der Waals surface area (Å²) in [5.74, 6) is 0. The van der Waals surface area contributed by atoms with Crippen molar-refractivity contribution in [1.29, 1.82) is 0 Å². The highest BCUT2D eigenvalue weighted by Gasteiger charge is 2.35. The van der Waals surface area contributed by atoms with Gasteiger partial charge in [-0.1, -0.05) is 147 Å². The van der Waals surface area contributed by atoms with E-state index < -0.39 is 0 Å². The van der Waals surface area contributed by atoms with Crippen molar-refractivity contribution in [2.24, 2.45) is 0 Å². The van der Waals surface area contributed by atoms with E-state index in [4.69, 9.17) is 4.42 Å². The number of rotatable bonds is 5. The van der Waals surface area contributed by atoms with E-state index in [1.165, 1.54) is 54.9 Å². The lowest BCUT2D eigenvalue weighted by Gasteiger charge is -2.28. The van der Waals surface area contributed by atoms with Gasteiger partial charge in [0.05, 0.1) is 5.69 Å². The maximum absolute atomic E-state index is 6.18. The minimum atomic E-state index is -0.0456. The van der Waals surface area contributed by atoms with Crippen molar-refractivity contribution >= 4 is 60.5 Å². The predicted octanol–water partition coefficient (Wildman–Crippen LogP) is 15.0. The van der Waals surface area contributed by atoms with Crippen LogP contribution in [0.5, 0.6) is 0 Å². The van der Waals surface area contributed by atoms with Gasteiger partial charge in [0.25, 0.3) is 0 Å². The monoisotopic (exact) mass is 703 g/mol. The SMILES string of the molecule is CC1(C)c2ccccc2-c2ccc(-c3ccc(N(c4cccc(-c5ccc6oc7ccccc7c6c5)c4)c4cc5ccccc5c5ccccc45)cc3)cc21. The Bertz CT molecular complexity index is 3130. The van der Waals surface area contributed by atoms with E-state index >= 15 is 0 Å². The normalized spacial score (nSPS) is 13.1. The number of furan rings is 1. The number of hydrogen-bond donors (Lipinski definition) is 0. The fourth-order valence-corrected chi connectivity index (χ4v) is 9.06. The van der Waals surface area contributed by atoms with Crippen LogP contribution in [0, 0.1) is 0 Å². The standard InChI is InChI=1S/C53H37NO/c1-53(2)48-20-9-7-17-43(48)44-28-24-37(32-49(44)53)34-22-26-39(27-23-34)54(50-33-38-12-3-4-15-41(38)42-16-5-6-18-45(42)50)40-14-11-13-35(30-40)36-25-29-52-47(31-36)46-19-8-10-21-51(46)55-52/h3-33H,1-2H3. The van der Waals surface area contributed by atoms with E-state index in [9.17, 15) is 0 Å². The molecule has 0 atom stereocenters. The van der Waals surface area contributed by atoms with Crippen LogP contribution in [0.3, 0.4) is 0 Å². The molecule has 11 rings (SSSR count). The fourth-order valence-electron chi connectivity index (χ4n) is 9.06. The van der Waals surface area contributed by atoms with Crippen molar-refractivity contribution in [3.63, 3.8) is 0 Å². The molecule has 10 aromatic rings. The van der Waals surface area contributed by atoms with Crippen LogP contribution < -0.4 is 4.90 Å². The molecule has 9 aromatic carbocycles. The number of para-hydroxylation sites is 1. The van der Waals surface area contributed by atoms with Crippen LogP contribution in [-0.4, -0.2) is 0 Å². The lowest BCUT2D eigenvalue weighted by Crippen LogP contribution is -2.14. The summed E-state index contributed by atoms with van der Waals surface area (Å²) >= 11 is 0. The Morgan fingerprint density at radius 3 is 1.89 bits per heavy atom. The number of nitrogens with zero attached hydrogens (tertiary/aromatic N) is 1. The predicted molar refractivity (Wildman–Crippen MR) is 232 cm³/mol. The van der Waals surface area contributed by atoms with Crippen LogP contribution >= 0.6 is 0 Å². The van der Waals surface area contributed by atoms with Crippen LogP contribution in [0.15, 0.2) is 192 Å². The Labute approximate surface area is 320 Å². The molecule has 0 fully saturated rings. The minimum Gasteiger partial charge on any atom is -0.456 e. The van der Waals surface area contributed by atoms with Crippen molar-refractivity contribution in [1.82, 2.24) is 0 Å². The molecule has 2 nitrogen and oxygen atoms in total. The molecule has 0 unspecified atom stereocenters. The molecule has 0 bridgehead atoms. The molecule has 260 valence electrons. The Morgan fingerprint density at radius 2 is 1.02 bits per heavy atom. The molecular weight excluding hydrogens is 667 g/mol. The zero-order valence-electron chi connectivity index (χ0n) is 30.8. The Morgan fingerprint density at radius 1 is 0.382 bits per heavy atom. The Balaban J connectivity index is 1.06. The molecular formula is C53H37NO. The second-order valence-corrected chi connectivity index (χ2v) is 15.3. The molecule has 0 radical (unpaired) electrons. The summed E-state index contributed by atoms with van der Waals surface area (Å²) in [5, 5.41) is 7.19. The minimum absolute atomic E-state index is 0.0456. The topological polar surface area (TPSA) is 16.4 Å². The largest absolute Gasteiger partial charge is 0.456 e. The maximum Gasteiger partial charge on any atom is 0.135 e. The second kappa shape index (κ2) is 12.1. The van der Waals surface area contributed by atoms with Gasteiger partial charge in [-0.15, -0.1) is 0 Å². The number of benzene rings is 9. The summed E-state index contributed by atoms with van der Waals surface area (Å²) in [6.07, 6.45) is 0. The molecule has 0 saturated heterocycles. The van der Waals surface area contributed by atoms with E-state index in [0.717, 1.165) is 50.1 Å². The molecule has 0 N–H and O–H groups in total. The van der Waals surface area contributed by atoms with Crippen molar-refractivity contribution in [2.75, 3.05) is 4.90 Å². The summed E-state index contributed by atoms with van der Waals surface area (Å²) < 4.78 is 6.18. The van der Waals surface area contributed by atoms with Crippen LogP contribution in [0.2, 0.25) is 0 Å². The van der Waals surface area contributed by atoms with Crippen molar-refractivity contribution in [3.8, 4) is 33.4 Å². The smallest absolute Gasteiger partial charge is 0.135 e. The summed E-state index contributed by atoms with van der Waals surface area (Å²) in [7, 11) is 0. The highest BCUT2D eigenvalue weighted by atomic mass is 16.3. The summed E-state index contributed by atoms with van der Waals surface area (Å²) in [6.45, 7) is 4.69. The molecule has 1 aliphatic carbocycles. The molecule has 1 aliphatic rings. The Hall–Kier alpha value is -6.90. The number of anilines is 3. The second-order valence-electron chi connectivity index (χ2n) is 15.3. The van der Waals surface area contributed by atoms with Crippen LogP contribution in [-0.2, 0) is 5.41 Å². The lowest BCUT2D eigenvalue weighted by molar-refractivity contribution is 0.660. The fraction of sp³-hybridized carbons (Fsp3) is 0.0566. The van der Waals surface area contributed by atoms with Gasteiger partial charge in [0.1, 0.15) is 11.2 Å². The van der Waals surface area contributed by atoms with Gasteiger partial charge in [-0.2, -0.15) is 0 Å². The third-order valence-corrected chi connectivity index (χ3v) is 11.8. The van der Waals surface area contributed by atoms with Gasteiger partial charge >= 0.3 is 0 Å². The van der Waals surface area contributed by atoms with Gasteiger partial charge in [0.15, 0.2) is 0 Å². The molecule has 0 saturated carbocycles.